The third-order valence-electron chi connectivity index (χ3n) is 16.4. The predicted molar refractivity (Wildman–Crippen MR) is 311 cm³/mol. The summed E-state index contributed by atoms with van der Waals surface area (Å²) in [7, 11) is 2.22. The van der Waals surface area contributed by atoms with Crippen LogP contribution in [0.15, 0.2) is 176 Å². The molecule has 73 heavy (non-hydrogen) atoms. The highest BCUT2D eigenvalue weighted by Gasteiger charge is 2.44. The van der Waals surface area contributed by atoms with E-state index in [0.717, 1.165) is 56.4 Å². The maximum atomic E-state index is 7.59. The van der Waals surface area contributed by atoms with Crippen LogP contribution in [0, 0.1) is 0 Å². The topological polar surface area (TPSA) is 27.3 Å². The van der Waals surface area contributed by atoms with Crippen LogP contribution in [0.1, 0.15) is 79.0 Å². The second kappa shape index (κ2) is 15.1. The van der Waals surface area contributed by atoms with Gasteiger partial charge in [-0.2, -0.15) is 0 Å². The van der Waals surface area contributed by atoms with Gasteiger partial charge in [0.15, 0.2) is 0 Å². The molecule has 2 aliphatic rings. The van der Waals surface area contributed by atoms with Crippen molar-refractivity contribution in [2.45, 2.75) is 78.6 Å². The lowest BCUT2D eigenvalue weighted by Crippen LogP contribution is -2.59. The predicted octanol–water partition coefficient (Wildman–Crippen LogP) is 15.8. The van der Waals surface area contributed by atoms with Crippen LogP contribution in [0.25, 0.3) is 76.8 Å². The molecule has 5 nitrogen and oxygen atoms in total. The maximum Gasteiger partial charge on any atom is 0.256 e. The maximum absolute atomic E-state index is 7.59. The summed E-state index contributed by atoms with van der Waals surface area (Å²) in [6, 6.07) is 66.5. The van der Waals surface area contributed by atoms with E-state index in [-0.39, 0.29) is 23.0 Å². The van der Waals surface area contributed by atoms with E-state index in [1.807, 2.05) is 0 Å². The monoisotopic (exact) mass is 946 g/mol. The van der Waals surface area contributed by atoms with E-state index in [1.54, 1.807) is 0 Å². The molecule has 0 saturated carbocycles. The standard InChI is InChI=1S/C67H59BN4O/c1-65(2,3)40-26-30-43(31-27-40)70-57-24-17-25-60-62(57)68(50-33-32-44(38-58(50)70)71-55-34-28-41(66(4,5)6)36-48(55)49-37-42(67(7,8)9)29-35-56(49)71)51-39-59-61(47-20-13-14-21-52(47)69(59)10)63(64(51)73-60)72-53-22-15-11-18-45(53)46-19-12-16-23-54(46)72/h11-39H,1-10H3. The third-order valence-corrected chi connectivity index (χ3v) is 16.4. The molecular weight excluding hydrogens is 888 g/mol. The smallest absolute Gasteiger partial charge is 0.256 e. The van der Waals surface area contributed by atoms with Crippen molar-refractivity contribution >= 4 is 106 Å². The Hall–Kier alpha value is -7.96. The summed E-state index contributed by atoms with van der Waals surface area (Å²) in [5.41, 5.74) is 20.3. The molecule has 356 valence electrons. The fourth-order valence-electron chi connectivity index (χ4n) is 12.5. The molecule has 5 heterocycles. The zero-order valence-electron chi connectivity index (χ0n) is 43.5. The van der Waals surface area contributed by atoms with Gasteiger partial charge in [0.05, 0.1) is 33.3 Å². The molecule has 0 spiro atoms. The number of rotatable bonds is 3. The van der Waals surface area contributed by atoms with Crippen molar-refractivity contribution in [2.75, 3.05) is 4.90 Å². The van der Waals surface area contributed by atoms with E-state index in [2.05, 4.69) is 264 Å². The number of aryl methyl sites for hydroxylation is 1. The van der Waals surface area contributed by atoms with Crippen LogP contribution in [0.3, 0.4) is 0 Å². The molecule has 0 bridgehead atoms. The van der Waals surface area contributed by atoms with Gasteiger partial charge >= 0.3 is 0 Å². The molecule has 3 aromatic heterocycles. The average Bonchev–Trinajstić information content (AvgIpc) is 3.99. The van der Waals surface area contributed by atoms with Gasteiger partial charge in [-0.1, -0.05) is 153 Å². The van der Waals surface area contributed by atoms with Gasteiger partial charge in [-0.3, -0.25) is 0 Å². The molecule has 0 amide bonds. The van der Waals surface area contributed by atoms with Gasteiger partial charge in [0.25, 0.3) is 6.71 Å². The van der Waals surface area contributed by atoms with Crippen LogP contribution in [0.5, 0.6) is 11.5 Å². The summed E-state index contributed by atoms with van der Waals surface area (Å²) < 4.78 is 15.0. The first-order valence-electron chi connectivity index (χ1n) is 26.0. The van der Waals surface area contributed by atoms with Gasteiger partial charge in [-0.25, -0.2) is 0 Å². The van der Waals surface area contributed by atoms with Gasteiger partial charge < -0.3 is 23.3 Å². The number of nitrogens with zero attached hydrogens (tertiary/aromatic N) is 4. The SMILES string of the molecule is Cn1c2ccccc2c2c(-n3c4ccccc4c4ccccc43)c3c(cc21)B1c2ccc(-n4c5ccc(C(C)(C)C)cc5c5cc(C(C)(C)C)ccc54)cc2N(c2ccc(C(C)(C)C)cc2)c2cccc(c21)O3. The Labute approximate surface area is 427 Å². The van der Waals surface area contributed by atoms with Gasteiger partial charge in [-0.15, -0.1) is 0 Å². The Morgan fingerprint density at radius 2 is 0.932 bits per heavy atom. The summed E-state index contributed by atoms with van der Waals surface area (Å²) in [6.07, 6.45) is 0. The summed E-state index contributed by atoms with van der Waals surface area (Å²) in [6.45, 7) is 20.6. The highest BCUT2D eigenvalue weighted by molar-refractivity contribution is 6.99. The number of benzene rings is 9. The first kappa shape index (κ1) is 43.8. The van der Waals surface area contributed by atoms with Crippen molar-refractivity contribution in [3.63, 3.8) is 0 Å². The normalized spacial score (nSPS) is 13.7. The van der Waals surface area contributed by atoms with Crippen LogP contribution in [-0.4, -0.2) is 20.4 Å². The molecule has 0 N–H and O–H groups in total. The van der Waals surface area contributed by atoms with Gasteiger partial charge in [0.1, 0.15) is 11.5 Å². The lowest BCUT2D eigenvalue weighted by atomic mass is 9.34. The summed E-state index contributed by atoms with van der Waals surface area (Å²) >= 11 is 0. The molecule has 0 unspecified atom stereocenters. The molecule has 12 aromatic rings. The first-order valence-corrected chi connectivity index (χ1v) is 26.0. The van der Waals surface area contributed by atoms with Crippen LogP contribution < -0.4 is 26.0 Å². The van der Waals surface area contributed by atoms with E-state index < -0.39 is 0 Å². The van der Waals surface area contributed by atoms with Crippen LogP contribution >= 0.6 is 0 Å². The van der Waals surface area contributed by atoms with Crippen LogP contribution in [-0.2, 0) is 23.3 Å². The lowest BCUT2D eigenvalue weighted by molar-refractivity contribution is 0.486. The van der Waals surface area contributed by atoms with E-state index in [9.17, 15) is 0 Å². The van der Waals surface area contributed by atoms with Crippen molar-refractivity contribution < 1.29 is 4.74 Å². The van der Waals surface area contributed by atoms with E-state index in [0.29, 0.717) is 0 Å². The Morgan fingerprint density at radius 1 is 0.397 bits per heavy atom. The first-order chi connectivity index (χ1) is 35.0. The number of aromatic nitrogens is 3. The highest BCUT2D eigenvalue weighted by atomic mass is 16.5. The fraction of sp³-hybridized carbons (Fsp3) is 0.194. The minimum atomic E-state index is -0.139. The van der Waals surface area contributed by atoms with Crippen molar-refractivity contribution in [1.82, 2.24) is 13.7 Å². The second-order valence-electron chi connectivity index (χ2n) is 23.9. The Kier molecular flexibility index (Phi) is 9.03. The quantitative estimate of drug-likeness (QED) is 0.165. The van der Waals surface area contributed by atoms with E-state index in [1.165, 1.54) is 82.0 Å². The zero-order chi connectivity index (χ0) is 50.0. The Bertz CT molecular complexity index is 4190. The van der Waals surface area contributed by atoms with Crippen molar-refractivity contribution in [3.8, 4) is 22.9 Å². The molecule has 6 heteroatoms. The van der Waals surface area contributed by atoms with Gasteiger partial charge in [0.2, 0.25) is 0 Å². The molecule has 0 atom stereocenters. The Morgan fingerprint density at radius 3 is 1.53 bits per heavy atom. The fourth-order valence-corrected chi connectivity index (χ4v) is 12.5. The minimum Gasteiger partial charge on any atom is -0.456 e. The van der Waals surface area contributed by atoms with Gasteiger partial charge in [-0.05, 0) is 134 Å². The Balaban J connectivity index is 1.09. The molecule has 2 aliphatic heterocycles. The number of para-hydroxylation sites is 3. The molecule has 0 fully saturated rings. The van der Waals surface area contributed by atoms with Crippen molar-refractivity contribution in [1.29, 1.82) is 0 Å². The molecule has 0 aliphatic carbocycles. The molecule has 0 saturated heterocycles. The summed E-state index contributed by atoms with van der Waals surface area (Å²) in [5.74, 6) is 1.78. The van der Waals surface area contributed by atoms with Gasteiger partial charge in [0, 0.05) is 67.6 Å². The number of anilines is 3. The van der Waals surface area contributed by atoms with Crippen LogP contribution in [0.2, 0.25) is 0 Å². The summed E-state index contributed by atoms with van der Waals surface area (Å²) in [4.78, 5) is 2.50. The van der Waals surface area contributed by atoms with Crippen LogP contribution in [0.4, 0.5) is 17.1 Å². The van der Waals surface area contributed by atoms with E-state index >= 15 is 0 Å². The van der Waals surface area contributed by atoms with Crippen molar-refractivity contribution in [2.24, 2.45) is 7.05 Å². The largest absolute Gasteiger partial charge is 0.456 e. The zero-order valence-corrected chi connectivity index (χ0v) is 43.5. The van der Waals surface area contributed by atoms with E-state index in [4.69, 9.17) is 4.74 Å². The molecular formula is C67H59BN4O. The number of ether oxygens (including phenoxy) is 1. The molecule has 14 rings (SSSR count). The summed E-state index contributed by atoms with van der Waals surface area (Å²) in [5, 5.41) is 7.40. The minimum absolute atomic E-state index is 0.00445. The number of fused-ring (bicyclic) bond motifs is 13. The number of hydrogen-bond acceptors (Lipinski definition) is 2. The third kappa shape index (κ3) is 6.29. The average molecular weight is 947 g/mol. The second-order valence-corrected chi connectivity index (χ2v) is 23.9. The highest BCUT2D eigenvalue weighted by Crippen LogP contribution is 2.48. The molecule has 9 aromatic carbocycles. The molecule has 0 radical (unpaired) electrons. The number of hydrogen-bond donors (Lipinski definition) is 0. The van der Waals surface area contributed by atoms with Crippen molar-refractivity contribution in [3.05, 3.63) is 193 Å². The lowest BCUT2D eigenvalue weighted by Gasteiger charge is -2.40.